The molecule has 6 heteroatoms. The first kappa shape index (κ1) is 14.7. The van der Waals surface area contributed by atoms with E-state index in [-0.39, 0.29) is 5.69 Å². The van der Waals surface area contributed by atoms with Gasteiger partial charge < -0.3 is 4.74 Å². The number of halogens is 1. The number of imidazole rings is 1. The van der Waals surface area contributed by atoms with Gasteiger partial charge in [0.05, 0.1) is 17.8 Å². The van der Waals surface area contributed by atoms with Crippen LogP contribution in [0.25, 0.3) is 16.9 Å². The molecule has 3 aromatic rings. The number of benzene rings is 1. The molecule has 1 aromatic carbocycles. The first-order chi connectivity index (χ1) is 11.2. The number of hydrogen-bond donors (Lipinski definition) is 0. The number of para-hydroxylation sites is 1. The average molecular weight is 374 g/mol. The van der Waals surface area contributed by atoms with Crippen molar-refractivity contribution in [2.24, 2.45) is 5.92 Å². The smallest absolute Gasteiger partial charge is 0.334 e. The highest BCUT2D eigenvalue weighted by atomic mass is 79.9. The summed E-state index contributed by atoms with van der Waals surface area (Å²) in [6.45, 7) is 2.15. The minimum absolute atomic E-state index is 0.0521. The fourth-order valence-electron chi connectivity index (χ4n) is 3.08. The van der Waals surface area contributed by atoms with Crippen molar-refractivity contribution in [2.75, 3.05) is 13.2 Å². The van der Waals surface area contributed by atoms with Crippen molar-refractivity contribution in [1.29, 1.82) is 0 Å². The molecule has 1 aliphatic rings. The minimum atomic E-state index is -0.0521. The Kier molecular flexibility index (Phi) is 3.79. The first-order valence-electron chi connectivity index (χ1n) is 7.64. The summed E-state index contributed by atoms with van der Waals surface area (Å²) in [6.07, 6.45) is 2.72. The van der Waals surface area contributed by atoms with Gasteiger partial charge in [0.1, 0.15) is 0 Å². The monoisotopic (exact) mass is 373 g/mol. The fourth-order valence-corrected chi connectivity index (χ4v) is 3.40. The SMILES string of the molecule is O=c1n(CC2CCOC2)c2cc(Br)cnc2n1-c1ccccc1. The van der Waals surface area contributed by atoms with Gasteiger partial charge in [-0.25, -0.2) is 14.3 Å². The lowest BCUT2D eigenvalue weighted by Crippen LogP contribution is -2.26. The molecular formula is C17H16BrN3O2. The Morgan fingerprint density at radius 2 is 2.13 bits per heavy atom. The zero-order valence-electron chi connectivity index (χ0n) is 12.5. The van der Waals surface area contributed by atoms with Crippen molar-refractivity contribution in [2.45, 2.75) is 13.0 Å². The second-order valence-corrected chi connectivity index (χ2v) is 6.71. The quantitative estimate of drug-likeness (QED) is 0.708. The Labute approximate surface area is 141 Å². The van der Waals surface area contributed by atoms with Crippen molar-refractivity contribution in [3.05, 3.63) is 57.6 Å². The lowest BCUT2D eigenvalue weighted by Gasteiger charge is -2.08. The summed E-state index contributed by atoms with van der Waals surface area (Å²) < 4.78 is 9.81. The average Bonchev–Trinajstić information content (AvgIpc) is 3.16. The summed E-state index contributed by atoms with van der Waals surface area (Å²) in [5.74, 6) is 0.376. The highest BCUT2D eigenvalue weighted by Crippen LogP contribution is 2.22. The molecule has 5 nitrogen and oxygen atoms in total. The highest BCUT2D eigenvalue weighted by Gasteiger charge is 2.21. The van der Waals surface area contributed by atoms with Crippen molar-refractivity contribution in [3.8, 4) is 5.69 Å². The largest absolute Gasteiger partial charge is 0.381 e. The molecule has 2 aromatic heterocycles. The predicted molar refractivity (Wildman–Crippen MR) is 92.0 cm³/mol. The van der Waals surface area contributed by atoms with Crippen LogP contribution in [0.4, 0.5) is 0 Å². The summed E-state index contributed by atoms with van der Waals surface area (Å²) in [5, 5.41) is 0. The van der Waals surface area contributed by atoms with Gasteiger partial charge in [-0.15, -0.1) is 0 Å². The van der Waals surface area contributed by atoms with Crippen molar-refractivity contribution >= 4 is 27.1 Å². The van der Waals surface area contributed by atoms with Crippen LogP contribution in [-0.4, -0.2) is 27.3 Å². The van der Waals surface area contributed by atoms with Gasteiger partial charge in [0.2, 0.25) is 0 Å². The molecule has 1 aliphatic heterocycles. The topological polar surface area (TPSA) is 49.1 Å². The number of fused-ring (bicyclic) bond motifs is 1. The lowest BCUT2D eigenvalue weighted by atomic mass is 10.1. The van der Waals surface area contributed by atoms with Gasteiger partial charge in [-0.3, -0.25) is 4.57 Å². The van der Waals surface area contributed by atoms with Gasteiger partial charge in [0.25, 0.3) is 0 Å². The third kappa shape index (κ3) is 2.62. The van der Waals surface area contributed by atoms with E-state index in [2.05, 4.69) is 20.9 Å². The number of pyridine rings is 1. The van der Waals surface area contributed by atoms with Crippen LogP contribution in [0.3, 0.4) is 0 Å². The highest BCUT2D eigenvalue weighted by molar-refractivity contribution is 9.10. The maximum Gasteiger partial charge on any atom is 0.334 e. The molecule has 0 aliphatic carbocycles. The fraction of sp³-hybridized carbons (Fsp3) is 0.294. The van der Waals surface area contributed by atoms with Gasteiger partial charge in [0, 0.05) is 29.7 Å². The molecular weight excluding hydrogens is 358 g/mol. The van der Waals surface area contributed by atoms with E-state index in [0.717, 1.165) is 28.7 Å². The Bertz CT molecular complexity index is 895. The molecule has 0 bridgehead atoms. The van der Waals surface area contributed by atoms with E-state index in [1.54, 1.807) is 10.8 Å². The van der Waals surface area contributed by atoms with E-state index >= 15 is 0 Å². The van der Waals surface area contributed by atoms with Gasteiger partial charge in [-0.2, -0.15) is 0 Å². The third-order valence-electron chi connectivity index (χ3n) is 4.22. The molecule has 118 valence electrons. The van der Waals surface area contributed by atoms with Crippen LogP contribution in [0, 0.1) is 5.92 Å². The molecule has 1 atom stereocenters. The molecule has 0 spiro atoms. The molecule has 0 radical (unpaired) electrons. The standard InChI is InChI=1S/C17H16BrN3O2/c18-13-8-15-16(19-9-13)21(14-4-2-1-3-5-14)17(22)20(15)10-12-6-7-23-11-12/h1-5,8-9,12H,6-7,10-11H2. The zero-order chi connectivity index (χ0) is 15.8. The van der Waals surface area contributed by atoms with Crippen LogP contribution in [0.15, 0.2) is 51.9 Å². The van der Waals surface area contributed by atoms with Crippen LogP contribution < -0.4 is 5.69 Å². The lowest BCUT2D eigenvalue weighted by molar-refractivity contribution is 0.182. The molecule has 4 rings (SSSR count). The Morgan fingerprint density at radius 3 is 2.87 bits per heavy atom. The Hall–Kier alpha value is -1.92. The Morgan fingerprint density at radius 1 is 1.30 bits per heavy atom. The molecule has 23 heavy (non-hydrogen) atoms. The van der Waals surface area contributed by atoms with E-state index in [1.807, 2.05) is 41.0 Å². The predicted octanol–water partition coefficient (Wildman–Crippen LogP) is 2.99. The number of ether oxygens (including phenoxy) is 1. The van der Waals surface area contributed by atoms with Crippen molar-refractivity contribution in [3.63, 3.8) is 0 Å². The molecule has 0 saturated carbocycles. The first-order valence-corrected chi connectivity index (χ1v) is 8.43. The molecule has 3 heterocycles. The van der Waals surface area contributed by atoms with Crippen molar-refractivity contribution in [1.82, 2.24) is 14.1 Å². The van der Waals surface area contributed by atoms with E-state index in [9.17, 15) is 4.79 Å². The van der Waals surface area contributed by atoms with E-state index in [0.29, 0.717) is 24.7 Å². The summed E-state index contributed by atoms with van der Waals surface area (Å²) in [5.41, 5.74) is 2.31. The number of rotatable bonds is 3. The normalized spacial score (nSPS) is 17.9. The van der Waals surface area contributed by atoms with E-state index < -0.39 is 0 Å². The van der Waals surface area contributed by atoms with Crippen molar-refractivity contribution < 1.29 is 4.74 Å². The number of nitrogens with zero attached hydrogens (tertiary/aromatic N) is 3. The summed E-state index contributed by atoms with van der Waals surface area (Å²) in [4.78, 5) is 17.5. The molecule has 1 saturated heterocycles. The van der Waals surface area contributed by atoms with Crippen LogP contribution >= 0.6 is 15.9 Å². The van der Waals surface area contributed by atoms with E-state index in [1.165, 1.54) is 0 Å². The van der Waals surface area contributed by atoms with Crippen LogP contribution in [0.5, 0.6) is 0 Å². The Balaban J connectivity index is 1.93. The van der Waals surface area contributed by atoms with Gasteiger partial charge >= 0.3 is 5.69 Å². The zero-order valence-corrected chi connectivity index (χ0v) is 14.1. The minimum Gasteiger partial charge on any atom is -0.381 e. The van der Waals surface area contributed by atoms with Crippen LogP contribution in [0.1, 0.15) is 6.42 Å². The molecule has 1 unspecified atom stereocenters. The van der Waals surface area contributed by atoms with E-state index in [4.69, 9.17) is 4.74 Å². The summed E-state index contributed by atoms with van der Waals surface area (Å²) in [7, 11) is 0. The van der Waals surface area contributed by atoms with Gasteiger partial charge in [-0.05, 0) is 40.5 Å². The second-order valence-electron chi connectivity index (χ2n) is 5.79. The van der Waals surface area contributed by atoms with Crippen LogP contribution in [-0.2, 0) is 11.3 Å². The maximum absolute atomic E-state index is 13.0. The molecule has 0 amide bonds. The number of hydrogen-bond acceptors (Lipinski definition) is 3. The third-order valence-corrected chi connectivity index (χ3v) is 4.65. The van der Waals surface area contributed by atoms with Gasteiger partial charge in [-0.1, -0.05) is 18.2 Å². The summed E-state index contributed by atoms with van der Waals surface area (Å²) in [6, 6.07) is 11.6. The summed E-state index contributed by atoms with van der Waals surface area (Å²) >= 11 is 3.46. The van der Waals surface area contributed by atoms with Crippen LogP contribution in [0.2, 0.25) is 0 Å². The molecule has 0 N–H and O–H groups in total. The maximum atomic E-state index is 13.0. The number of aromatic nitrogens is 3. The second kappa shape index (κ2) is 5.94. The molecule has 1 fully saturated rings. The van der Waals surface area contributed by atoms with Gasteiger partial charge in [0.15, 0.2) is 5.65 Å².